The fourth-order valence-corrected chi connectivity index (χ4v) is 2.10. The Morgan fingerprint density at radius 2 is 1.67 bits per heavy atom. The SMILES string of the molecule is COc1ccc(C=CC2=NC(=Cc3ccc(F)cc3)C(=O)O2)cc1. The van der Waals surface area contributed by atoms with E-state index in [0.29, 0.717) is 5.56 Å². The minimum Gasteiger partial charge on any atom is -0.497 e. The summed E-state index contributed by atoms with van der Waals surface area (Å²) in [4.78, 5) is 16.0. The van der Waals surface area contributed by atoms with Crippen molar-refractivity contribution in [1.82, 2.24) is 0 Å². The van der Waals surface area contributed by atoms with Gasteiger partial charge in [0.2, 0.25) is 5.90 Å². The largest absolute Gasteiger partial charge is 0.497 e. The minimum atomic E-state index is -0.534. The van der Waals surface area contributed by atoms with Crippen molar-refractivity contribution in [2.24, 2.45) is 4.99 Å². The first-order valence-corrected chi connectivity index (χ1v) is 7.24. The topological polar surface area (TPSA) is 47.9 Å². The summed E-state index contributed by atoms with van der Waals surface area (Å²) < 4.78 is 23.1. The van der Waals surface area contributed by atoms with Gasteiger partial charge in [-0.3, -0.25) is 0 Å². The highest BCUT2D eigenvalue weighted by Crippen LogP contribution is 2.17. The normalized spacial score (nSPS) is 15.7. The van der Waals surface area contributed by atoms with Gasteiger partial charge in [-0.15, -0.1) is 0 Å². The fraction of sp³-hybridized carbons (Fsp3) is 0.0526. The van der Waals surface area contributed by atoms with Gasteiger partial charge in [-0.1, -0.05) is 24.3 Å². The summed E-state index contributed by atoms with van der Waals surface area (Å²) >= 11 is 0. The van der Waals surface area contributed by atoms with Crippen molar-refractivity contribution in [3.8, 4) is 5.75 Å². The number of halogens is 1. The molecule has 1 aliphatic heterocycles. The number of nitrogens with zero attached hydrogens (tertiary/aromatic N) is 1. The Morgan fingerprint density at radius 3 is 2.33 bits per heavy atom. The third kappa shape index (κ3) is 3.76. The van der Waals surface area contributed by atoms with E-state index in [4.69, 9.17) is 9.47 Å². The summed E-state index contributed by atoms with van der Waals surface area (Å²) in [5.74, 6) is 0.108. The Balaban J connectivity index is 1.75. The number of rotatable bonds is 4. The third-order valence-corrected chi connectivity index (χ3v) is 3.34. The van der Waals surface area contributed by atoms with Gasteiger partial charge in [-0.2, -0.15) is 0 Å². The predicted molar refractivity (Wildman–Crippen MR) is 89.9 cm³/mol. The van der Waals surface area contributed by atoms with E-state index in [1.54, 1.807) is 37.5 Å². The molecule has 2 aromatic carbocycles. The number of hydrogen-bond donors (Lipinski definition) is 0. The lowest BCUT2D eigenvalue weighted by atomic mass is 10.2. The molecule has 0 amide bonds. The lowest BCUT2D eigenvalue weighted by Crippen LogP contribution is -2.01. The van der Waals surface area contributed by atoms with Crippen LogP contribution in [0, 0.1) is 5.82 Å². The van der Waals surface area contributed by atoms with Crippen LogP contribution in [0.2, 0.25) is 0 Å². The van der Waals surface area contributed by atoms with Gasteiger partial charge < -0.3 is 9.47 Å². The number of methoxy groups -OCH3 is 1. The van der Waals surface area contributed by atoms with Gasteiger partial charge in [0.15, 0.2) is 5.70 Å². The van der Waals surface area contributed by atoms with E-state index in [1.807, 2.05) is 24.3 Å². The van der Waals surface area contributed by atoms with Gasteiger partial charge in [0.1, 0.15) is 11.6 Å². The molecular weight excluding hydrogens is 309 g/mol. The van der Waals surface area contributed by atoms with Crippen molar-refractivity contribution >= 4 is 24.0 Å². The van der Waals surface area contributed by atoms with Crippen molar-refractivity contribution in [3.05, 3.63) is 77.2 Å². The Bertz CT molecular complexity index is 834. The second-order valence-electron chi connectivity index (χ2n) is 5.03. The van der Waals surface area contributed by atoms with Crippen molar-refractivity contribution in [3.63, 3.8) is 0 Å². The van der Waals surface area contributed by atoms with Crippen LogP contribution >= 0.6 is 0 Å². The molecule has 0 atom stereocenters. The number of ether oxygens (including phenoxy) is 2. The highest BCUT2D eigenvalue weighted by atomic mass is 19.1. The molecule has 0 saturated carbocycles. The molecule has 0 unspecified atom stereocenters. The molecule has 0 bridgehead atoms. The monoisotopic (exact) mass is 323 g/mol. The van der Waals surface area contributed by atoms with Gasteiger partial charge in [0.05, 0.1) is 7.11 Å². The van der Waals surface area contributed by atoms with E-state index in [-0.39, 0.29) is 17.4 Å². The summed E-state index contributed by atoms with van der Waals surface area (Å²) in [7, 11) is 1.60. The molecule has 1 aliphatic rings. The molecule has 0 aromatic heterocycles. The molecule has 2 aromatic rings. The van der Waals surface area contributed by atoms with Crippen molar-refractivity contribution < 1.29 is 18.7 Å². The molecule has 0 radical (unpaired) electrons. The van der Waals surface area contributed by atoms with Crippen LogP contribution in [-0.4, -0.2) is 19.0 Å². The Labute approximate surface area is 138 Å². The van der Waals surface area contributed by atoms with Crippen LogP contribution in [-0.2, 0) is 9.53 Å². The summed E-state index contributed by atoms with van der Waals surface area (Å²) in [6, 6.07) is 13.2. The number of carbonyl (C=O) groups is 1. The maximum absolute atomic E-state index is 12.9. The first kappa shape index (κ1) is 15.7. The van der Waals surface area contributed by atoms with E-state index in [9.17, 15) is 9.18 Å². The van der Waals surface area contributed by atoms with E-state index in [1.165, 1.54) is 12.1 Å². The summed E-state index contributed by atoms with van der Waals surface area (Å²) in [5.41, 5.74) is 1.77. The number of esters is 1. The molecule has 0 N–H and O–H groups in total. The average molecular weight is 323 g/mol. The zero-order chi connectivity index (χ0) is 16.9. The average Bonchev–Trinajstić information content (AvgIpc) is 2.95. The molecule has 5 heteroatoms. The number of benzene rings is 2. The van der Waals surface area contributed by atoms with Crippen LogP contribution in [0.25, 0.3) is 12.2 Å². The second kappa shape index (κ2) is 6.91. The number of hydrogen-bond acceptors (Lipinski definition) is 4. The molecular formula is C19H14FNO3. The second-order valence-corrected chi connectivity index (χ2v) is 5.03. The van der Waals surface area contributed by atoms with Crippen LogP contribution < -0.4 is 4.74 Å². The van der Waals surface area contributed by atoms with Gasteiger partial charge in [-0.05, 0) is 47.5 Å². The Hall–Kier alpha value is -3.21. The lowest BCUT2D eigenvalue weighted by Gasteiger charge is -1.98. The molecule has 3 rings (SSSR count). The van der Waals surface area contributed by atoms with Crippen LogP contribution in [0.5, 0.6) is 5.75 Å². The van der Waals surface area contributed by atoms with E-state index in [2.05, 4.69) is 4.99 Å². The molecule has 0 fully saturated rings. The fourth-order valence-electron chi connectivity index (χ4n) is 2.10. The lowest BCUT2D eigenvalue weighted by molar-refractivity contribution is -0.129. The smallest absolute Gasteiger partial charge is 0.363 e. The standard InChI is InChI=1S/C19H14FNO3/c1-23-16-9-4-13(5-10-16)6-11-18-21-17(19(22)24-18)12-14-2-7-15(20)8-3-14/h2-12H,1H3. The molecule has 0 aliphatic carbocycles. The number of aliphatic imine (C=N–C) groups is 1. The zero-order valence-corrected chi connectivity index (χ0v) is 12.9. The maximum atomic E-state index is 12.9. The van der Waals surface area contributed by atoms with Crippen LogP contribution in [0.3, 0.4) is 0 Å². The van der Waals surface area contributed by atoms with Gasteiger partial charge in [0.25, 0.3) is 0 Å². The Kier molecular flexibility index (Phi) is 4.52. The summed E-state index contributed by atoms with van der Waals surface area (Å²) in [6.07, 6.45) is 4.95. The summed E-state index contributed by atoms with van der Waals surface area (Å²) in [6.45, 7) is 0. The minimum absolute atomic E-state index is 0.177. The van der Waals surface area contributed by atoms with Crippen LogP contribution in [0.15, 0.2) is 65.3 Å². The van der Waals surface area contributed by atoms with Crippen LogP contribution in [0.4, 0.5) is 4.39 Å². The zero-order valence-electron chi connectivity index (χ0n) is 12.9. The first-order valence-electron chi connectivity index (χ1n) is 7.24. The molecule has 0 saturated heterocycles. The van der Waals surface area contributed by atoms with Crippen molar-refractivity contribution in [2.75, 3.05) is 7.11 Å². The van der Waals surface area contributed by atoms with Gasteiger partial charge in [-0.25, -0.2) is 14.2 Å². The summed E-state index contributed by atoms with van der Waals surface area (Å²) in [5, 5.41) is 0. The molecule has 0 spiro atoms. The predicted octanol–water partition coefficient (Wildman–Crippen LogP) is 3.84. The molecule has 4 nitrogen and oxygen atoms in total. The molecule has 24 heavy (non-hydrogen) atoms. The highest BCUT2D eigenvalue weighted by molar-refractivity contribution is 6.11. The van der Waals surface area contributed by atoms with E-state index in [0.717, 1.165) is 11.3 Å². The Morgan fingerprint density at radius 1 is 1.00 bits per heavy atom. The van der Waals surface area contributed by atoms with Gasteiger partial charge in [0, 0.05) is 6.08 Å². The quantitative estimate of drug-likeness (QED) is 0.634. The number of carbonyl (C=O) groups excluding carboxylic acids is 1. The third-order valence-electron chi connectivity index (χ3n) is 3.34. The van der Waals surface area contributed by atoms with E-state index < -0.39 is 5.97 Å². The molecule has 120 valence electrons. The van der Waals surface area contributed by atoms with Crippen molar-refractivity contribution in [1.29, 1.82) is 0 Å². The maximum Gasteiger partial charge on any atom is 0.363 e. The van der Waals surface area contributed by atoms with E-state index >= 15 is 0 Å². The van der Waals surface area contributed by atoms with Crippen molar-refractivity contribution in [2.45, 2.75) is 0 Å². The first-order chi connectivity index (χ1) is 11.6. The molecule has 1 heterocycles. The number of cyclic esters (lactones) is 1. The van der Waals surface area contributed by atoms with Gasteiger partial charge >= 0.3 is 5.97 Å². The highest BCUT2D eigenvalue weighted by Gasteiger charge is 2.20. The van der Waals surface area contributed by atoms with Crippen LogP contribution in [0.1, 0.15) is 11.1 Å².